The summed E-state index contributed by atoms with van der Waals surface area (Å²) in [5, 5.41) is 12.7. The predicted molar refractivity (Wildman–Crippen MR) is 97.6 cm³/mol. The van der Waals surface area contributed by atoms with E-state index in [1.807, 2.05) is 6.07 Å². The molecule has 0 fully saturated rings. The zero-order valence-corrected chi connectivity index (χ0v) is 14.8. The fourth-order valence-corrected chi connectivity index (χ4v) is 3.96. The monoisotopic (exact) mass is 329 g/mol. The van der Waals surface area contributed by atoms with E-state index in [1.165, 1.54) is 36.9 Å². The highest BCUT2D eigenvalue weighted by Crippen LogP contribution is 2.36. The van der Waals surface area contributed by atoms with Crippen LogP contribution in [0.15, 0.2) is 18.2 Å². The number of aromatic nitrogens is 1. The first-order valence-electron chi connectivity index (χ1n) is 9.01. The summed E-state index contributed by atoms with van der Waals surface area (Å²) in [5.41, 5.74) is 3.80. The molecule has 1 aliphatic rings. The van der Waals surface area contributed by atoms with E-state index in [0.29, 0.717) is 0 Å². The van der Waals surface area contributed by atoms with Crippen molar-refractivity contribution in [3.05, 3.63) is 39.6 Å². The van der Waals surface area contributed by atoms with Crippen LogP contribution in [0.5, 0.6) is 0 Å². The van der Waals surface area contributed by atoms with Gasteiger partial charge in [0.25, 0.3) is 5.69 Å². The molecule has 0 bridgehead atoms. The summed E-state index contributed by atoms with van der Waals surface area (Å²) in [5.74, 6) is 0. The molecule has 5 heteroatoms. The number of hydrogen-bond donors (Lipinski definition) is 0. The van der Waals surface area contributed by atoms with Crippen LogP contribution in [0.1, 0.15) is 43.4 Å². The molecule has 0 saturated heterocycles. The van der Waals surface area contributed by atoms with Gasteiger partial charge in [0, 0.05) is 23.7 Å². The first kappa shape index (κ1) is 17.0. The number of benzene rings is 1. The molecule has 24 heavy (non-hydrogen) atoms. The number of non-ortho nitro benzene ring substituents is 1. The second-order valence-corrected chi connectivity index (χ2v) is 7.08. The van der Waals surface area contributed by atoms with Gasteiger partial charge in [-0.15, -0.1) is 0 Å². The van der Waals surface area contributed by atoms with Gasteiger partial charge in [-0.05, 0) is 58.3 Å². The van der Waals surface area contributed by atoms with Crippen LogP contribution in [0.3, 0.4) is 0 Å². The van der Waals surface area contributed by atoms with Crippen molar-refractivity contribution in [1.29, 1.82) is 0 Å². The highest BCUT2D eigenvalue weighted by molar-refractivity contribution is 5.92. The van der Waals surface area contributed by atoms with Crippen molar-refractivity contribution in [2.75, 3.05) is 20.6 Å². The van der Waals surface area contributed by atoms with E-state index in [1.54, 1.807) is 6.07 Å². The number of rotatable bonds is 5. The number of aryl methyl sites for hydroxylation is 2. The maximum absolute atomic E-state index is 11.6. The lowest BCUT2D eigenvalue weighted by molar-refractivity contribution is -0.383. The fourth-order valence-electron chi connectivity index (χ4n) is 3.96. The summed E-state index contributed by atoms with van der Waals surface area (Å²) in [6.45, 7) is 1.85. The Labute approximate surface area is 143 Å². The van der Waals surface area contributed by atoms with E-state index in [9.17, 15) is 10.1 Å². The third kappa shape index (κ3) is 3.31. The Bertz CT molecular complexity index is 734. The Morgan fingerprint density at radius 3 is 2.62 bits per heavy atom. The average molecular weight is 329 g/mol. The maximum atomic E-state index is 11.6. The van der Waals surface area contributed by atoms with Crippen LogP contribution in [0.2, 0.25) is 0 Å². The molecule has 0 spiro atoms. The van der Waals surface area contributed by atoms with Gasteiger partial charge in [-0.2, -0.15) is 0 Å². The lowest BCUT2D eigenvalue weighted by Crippen LogP contribution is -2.16. The van der Waals surface area contributed by atoms with Crippen LogP contribution in [0.25, 0.3) is 10.9 Å². The summed E-state index contributed by atoms with van der Waals surface area (Å²) in [6.07, 6.45) is 8.01. The van der Waals surface area contributed by atoms with Crippen molar-refractivity contribution in [3.8, 4) is 0 Å². The Balaban J connectivity index is 2.13. The van der Waals surface area contributed by atoms with Crippen molar-refractivity contribution >= 4 is 16.6 Å². The van der Waals surface area contributed by atoms with E-state index in [-0.39, 0.29) is 10.6 Å². The highest BCUT2D eigenvalue weighted by atomic mass is 16.6. The minimum atomic E-state index is -0.224. The number of nitrogens with zero attached hydrogens (tertiary/aromatic N) is 3. The first-order valence-corrected chi connectivity index (χ1v) is 9.01. The standard InChI is InChI=1S/C19H27N3O2/c1-20(2)13-8-14-21-17-11-6-4-3-5-9-15(17)16-10-7-12-18(19(16)21)22(23)24/h7,10,12H,3-6,8-9,11,13-14H2,1-2H3. The highest BCUT2D eigenvalue weighted by Gasteiger charge is 2.24. The molecule has 0 radical (unpaired) electrons. The lowest BCUT2D eigenvalue weighted by atomic mass is 9.96. The van der Waals surface area contributed by atoms with Crippen molar-refractivity contribution in [2.45, 2.75) is 51.5 Å². The van der Waals surface area contributed by atoms with E-state index in [0.717, 1.165) is 43.3 Å². The Morgan fingerprint density at radius 2 is 1.92 bits per heavy atom. The molecule has 0 atom stereocenters. The molecule has 0 saturated carbocycles. The molecule has 130 valence electrons. The van der Waals surface area contributed by atoms with E-state index >= 15 is 0 Å². The average Bonchev–Trinajstić information content (AvgIpc) is 2.79. The number of nitro benzene ring substituents is 1. The van der Waals surface area contributed by atoms with Gasteiger partial charge in [-0.3, -0.25) is 10.1 Å². The van der Waals surface area contributed by atoms with E-state index in [4.69, 9.17) is 0 Å². The molecule has 1 aromatic carbocycles. The summed E-state index contributed by atoms with van der Waals surface area (Å²) < 4.78 is 2.26. The van der Waals surface area contributed by atoms with E-state index < -0.39 is 0 Å². The van der Waals surface area contributed by atoms with Gasteiger partial charge in [-0.25, -0.2) is 0 Å². The maximum Gasteiger partial charge on any atom is 0.293 e. The van der Waals surface area contributed by atoms with Gasteiger partial charge in [-0.1, -0.05) is 25.0 Å². The zero-order valence-electron chi connectivity index (χ0n) is 14.8. The molecule has 2 aromatic rings. The van der Waals surface area contributed by atoms with Crippen molar-refractivity contribution in [1.82, 2.24) is 9.47 Å². The first-order chi connectivity index (χ1) is 11.6. The van der Waals surface area contributed by atoms with Crippen LogP contribution >= 0.6 is 0 Å². The van der Waals surface area contributed by atoms with Gasteiger partial charge < -0.3 is 9.47 Å². The van der Waals surface area contributed by atoms with Crippen LogP contribution < -0.4 is 0 Å². The van der Waals surface area contributed by atoms with E-state index in [2.05, 4.69) is 29.6 Å². The molecule has 0 unspecified atom stereocenters. The molecule has 0 amide bonds. The third-order valence-corrected chi connectivity index (χ3v) is 5.06. The van der Waals surface area contributed by atoms with Gasteiger partial charge >= 0.3 is 0 Å². The predicted octanol–water partition coefficient (Wildman–Crippen LogP) is 4.16. The van der Waals surface area contributed by atoms with Crippen LogP contribution in [0, 0.1) is 10.1 Å². The van der Waals surface area contributed by atoms with Crippen LogP contribution in [0.4, 0.5) is 5.69 Å². The number of para-hydroxylation sites is 1. The van der Waals surface area contributed by atoms with Gasteiger partial charge in [0.15, 0.2) is 0 Å². The van der Waals surface area contributed by atoms with Crippen molar-refractivity contribution < 1.29 is 4.92 Å². The molecule has 1 heterocycles. The summed E-state index contributed by atoms with van der Waals surface area (Å²) in [6, 6.07) is 5.56. The molecule has 1 aliphatic carbocycles. The third-order valence-electron chi connectivity index (χ3n) is 5.06. The summed E-state index contributed by atoms with van der Waals surface area (Å²) >= 11 is 0. The molecule has 0 aliphatic heterocycles. The fraction of sp³-hybridized carbons (Fsp3) is 0.579. The largest absolute Gasteiger partial charge is 0.339 e. The molecule has 5 nitrogen and oxygen atoms in total. The van der Waals surface area contributed by atoms with Crippen molar-refractivity contribution in [3.63, 3.8) is 0 Å². The second kappa shape index (κ2) is 7.34. The number of fused-ring (bicyclic) bond motifs is 3. The lowest BCUT2D eigenvalue weighted by Gasteiger charge is -2.16. The summed E-state index contributed by atoms with van der Waals surface area (Å²) in [4.78, 5) is 13.5. The molecule has 1 aromatic heterocycles. The molecular weight excluding hydrogens is 302 g/mol. The smallest absolute Gasteiger partial charge is 0.293 e. The van der Waals surface area contributed by atoms with Crippen LogP contribution in [-0.4, -0.2) is 35.0 Å². The van der Waals surface area contributed by atoms with Gasteiger partial charge in [0.05, 0.1) is 4.92 Å². The normalized spacial score (nSPS) is 15.3. The number of hydrogen-bond acceptors (Lipinski definition) is 3. The van der Waals surface area contributed by atoms with Gasteiger partial charge in [0.1, 0.15) is 5.52 Å². The van der Waals surface area contributed by atoms with Crippen molar-refractivity contribution in [2.24, 2.45) is 0 Å². The Morgan fingerprint density at radius 1 is 1.17 bits per heavy atom. The van der Waals surface area contributed by atoms with Gasteiger partial charge in [0.2, 0.25) is 0 Å². The minimum Gasteiger partial charge on any atom is -0.339 e. The quantitative estimate of drug-likeness (QED) is 0.611. The molecule has 0 N–H and O–H groups in total. The topological polar surface area (TPSA) is 51.3 Å². The minimum absolute atomic E-state index is 0.224. The Kier molecular flexibility index (Phi) is 5.19. The Hall–Kier alpha value is -1.88. The molecular formula is C19H27N3O2. The SMILES string of the molecule is CN(C)CCCn1c2c(c3cccc([N+](=O)[O-])c31)CCCCCC2. The summed E-state index contributed by atoms with van der Waals surface area (Å²) in [7, 11) is 4.14. The second-order valence-electron chi connectivity index (χ2n) is 7.08. The zero-order chi connectivity index (χ0) is 17.1. The number of nitro groups is 1. The molecule has 3 rings (SSSR count). The van der Waals surface area contributed by atoms with Crippen LogP contribution in [-0.2, 0) is 19.4 Å².